The van der Waals surface area contributed by atoms with Gasteiger partial charge in [0.05, 0.1) is 6.20 Å². The molecule has 1 atom stereocenters. The first-order valence-electron chi connectivity index (χ1n) is 8.12. The Kier molecular flexibility index (Phi) is 6.45. The number of alkyl halides is 3. The molecule has 0 aliphatic carbocycles. The lowest BCUT2D eigenvalue weighted by Crippen LogP contribution is -2.21. The molecule has 0 bridgehead atoms. The first-order chi connectivity index (χ1) is 13.9. The molecule has 0 saturated heterocycles. The van der Waals surface area contributed by atoms with E-state index in [1.807, 2.05) is 0 Å². The van der Waals surface area contributed by atoms with Gasteiger partial charge in [0, 0.05) is 29.2 Å². The van der Waals surface area contributed by atoms with Crippen molar-refractivity contribution in [2.24, 2.45) is 0 Å². The molecule has 0 spiro atoms. The number of pyridine rings is 1. The van der Waals surface area contributed by atoms with Crippen LogP contribution in [-0.4, -0.2) is 33.6 Å². The van der Waals surface area contributed by atoms with Gasteiger partial charge in [-0.25, -0.2) is 18.7 Å². The van der Waals surface area contributed by atoms with Crippen LogP contribution in [0.15, 0.2) is 55.0 Å². The van der Waals surface area contributed by atoms with Crippen molar-refractivity contribution in [3.05, 3.63) is 65.7 Å². The Morgan fingerprint density at radius 1 is 1.07 bits per heavy atom. The van der Waals surface area contributed by atoms with Gasteiger partial charge in [0.15, 0.2) is 0 Å². The highest BCUT2D eigenvalue weighted by molar-refractivity contribution is 6.30. The topological polar surface area (TPSA) is 89.0 Å². The van der Waals surface area contributed by atoms with Crippen LogP contribution in [0.1, 0.15) is 10.5 Å². The van der Waals surface area contributed by atoms with Crippen molar-refractivity contribution in [1.82, 2.24) is 15.0 Å². The molecule has 1 amide bonds. The van der Waals surface area contributed by atoms with Gasteiger partial charge in [-0.2, -0.15) is 4.39 Å². The molecule has 1 aromatic carbocycles. The smallest absolute Gasteiger partial charge is 0.304 e. The molecule has 0 radical (unpaired) electrons. The molecule has 3 aromatic rings. The molecule has 7 nitrogen and oxygen atoms in total. The Morgan fingerprint density at radius 2 is 1.83 bits per heavy atom. The second-order valence-corrected chi connectivity index (χ2v) is 5.96. The van der Waals surface area contributed by atoms with E-state index in [-0.39, 0.29) is 23.1 Å². The van der Waals surface area contributed by atoms with Crippen molar-refractivity contribution in [2.45, 2.75) is 12.8 Å². The summed E-state index contributed by atoms with van der Waals surface area (Å²) in [7, 11) is 0. The van der Waals surface area contributed by atoms with Crippen LogP contribution in [0.4, 0.5) is 30.5 Å². The average molecular weight is 424 g/mol. The largest absolute Gasteiger partial charge is 0.452 e. The predicted octanol–water partition coefficient (Wildman–Crippen LogP) is 4.46. The minimum absolute atomic E-state index is 0.0306. The Morgan fingerprint density at radius 3 is 2.55 bits per heavy atom. The van der Waals surface area contributed by atoms with Crippen LogP contribution < -0.4 is 15.4 Å². The molecule has 150 valence electrons. The summed E-state index contributed by atoms with van der Waals surface area (Å²) >= 11 is 5.83. The second kappa shape index (κ2) is 9.20. The minimum Gasteiger partial charge on any atom is -0.452 e. The first-order valence-corrected chi connectivity index (χ1v) is 8.50. The molecule has 0 fully saturated rings. The van der Waals surface area contributed by atoms with Gasteiger partial charge in [-0.1, -0.05) is 11.6 Å². The highest BCUT2D eigenvalue weighted by Crippen LogP contribution is 2.26. The van der Waals surface area contributed by atoms with Crippen LogP contribution in [0, 0.1) is 0 Å². The van der Waals surface area contributed by atoms with Crippen LogP contribution in [-0.2, 0) is 0 Å². The number of carbonyl (C=O) groups excluding carboxylic acids is 1. The zero-order valence-corrected chi connectivity index (χ0v) is 15.3. The zero-order chi connectivity index (χ0) is 20.8. The van der Waals surface area contributed by atoms with Crippen LogP contribution in [0.5, 0.6) is 5.75 Å². The number of ether oxygens (including phenoxy) is 1. The van der Waals surface area contributed by atoms with Crippen molar-refractivity contribution in [3.8, 4) is 5.75 Å². The Labute approximate surface area is 167 Å². The number of nitrogens with one attached hydrogen (secondary N) is 2. The predicted molar refractivity (Wildman–Crippen MR) is 100 cm³/mol. The summed E-state index contributed by atoms with van der Waals surface area (Å²) in [5.41, 5.74) is 0.527. The number of carbonyl (C=O) groups is 1. The number of benzene rings is 1. The Balaban J connectivity index is 1.74. The third-order valence-corrected chi connectivity index (χ3v) is 3.71. The Hall–Kier alpha value is -3.40. The molecule has 0 aliphatic heterocycles. The van der Waals surface area contributed by atoms with Crippen LogP contribution in [0.25, 0.3) is 0 Å². The van der Waals surface area contributed by atoms with E-state index in [9.17, 15) is 18.0 Å². The van der Waals surface area contributed by atoms with Gasteiger partial charge in [-0.3, -0.25) is 9.78 Å². The van der Waals surface area contributed by atoms with E-state index in [1.54, 1.807) is 24.3 Å². The number of hydrogen-bond acceptors (Lipinski definition) is 6. The van der Waals surface area contributed by atoms with Gasteiger partial charge in [0.1, 0.15) is 17.1 Å². The fraction of sp³-hybridized carbons (Fsp3) is 0.111. The summed E-state index contributed by atoms with van der Waals surface area (Å²) in [6.07, 6.45) is -2.48. The molecule has 2 aromatic heterocycles. The molecule has 2 N–H and O–H groups in total. The van der Waals surface area contributed by atoms with Gasteiger partial charge in [0.2, 0.25) is 5.95 Å². The summed E-state index contributed by atoms with van der Waals surface area (Å²) in [4.78, 5) is 24.3. The van der Waals surface area contributed by atoms with Crippen LogP contribution in [0.3, 0.4) is 0 Å². The standard InChI is InChI=1S/C18H13ClF3N5O2/c19-10-1-3-11(4-2-10)25-18-24-8-5-12(27-18)17(28)26-13-9-23-7-6-14(13)29-16(22)15(20)21/h1-9,15-16H,(H,26,28)(H,24,25,27). The van der Waals surface area contributed by atoms with E-state index in [1.165, 1.54) is 18.5 Å². The van der Waals surface area contributed by atoms with E-state index in [2.05, 4.69) is 30.3 Å². The first kappa shape index (κ1) is 20.3. The van der Waals surface area contributed by atoms with Crippen molar-refractivity contribution in [2.75, 3.05) is 10.6 Å². The molecular formula is C18H13ClF3N5O2. The van der Waals surface area contributed by atoms with Crippen molar-refractivity contribution >= 4 is 34.8 Å². The van der Waals surface area contributed by atoms with E-state index in [4.69, 9.17) is 11.6 Å². The fourth-order valence-corrected chi connectivity index (χ4v) is 2.27. The summed E-state index contributed by atoms with van der Waals surface area (Å²) in [6, 6.07) is 9.24. The number of rotatable bonds is 7. The van der Waals surface area contributed by atoms with Gasteiger partial charge >= 0.3 is 6.43 Å². The molecule has 0 aliphatic rings. The normalized spacial score (nSPS) is 11.8. The molecule has 0 saturated carbocycles. The monoisotopic (exact) mass is 423 g/mol. The number of amides is 1. The highest BCUT2D eigenvalue weighted by atomic mass is 35.5. The summed E-state index contributed by atoms with van der Waals surface area (Å²) < 4.78 is 42.5. The number of aromatic nitrogens is 3. The third kappa shape index (κ3) is 5.55. The Bertz CT molecular complexity index is 991. The van der Waals surface area contributed by atoms with Crippen molar-refractivity contribution in [3.63, 3.8) is 0 Å². The molecule has 2 heterocycles. The second-order valence-electron chi connectivity index (χ2n) is 5.53. The quantitative estimate of drug-likeness (QED) is 0.583. The third-order valence-electron chi connectivity index (χ3n) is 3.46. The van der Waals surface area contributed by atoms with E-state index >= 15 is 0 Å². The summed E-state index contributed by atoms with van der Waals surface area (Å²) in [5, 5.41) is 5.86. The average Bonchev–Trinajstić information content (AvgIpc) is 2.71. The maximum atomic E-state index is 13.2. The van der Waals surface area contributed by atoms with Crippen molar-refractivity contribution < 1.29 is 22.7 Å². The molecule has 11 heteroatoms. The maximum absolute atomic E-state index is 13.2. The SMILES string of the molecule is O=C(Nc1cnccc1OC(F)C(F)F)c1ccnc(Nc2ccc(Cl)cc2)n1. The molecule has 29 heavy (non-hydrogen) atoms. The van der Waals surface area contributed by atoms with E-state index < -0.39 is 18.7 Å². The molecule has 1 unspecified atom stereocenters. The van der Waals surface area contributed by atoms with Crippen LogP contribution in [0.2, 0.25) is 5.02 Å². The number of nitrogens with zero attached hydrogens (tertiary/aromatic N) is 3. The lowest BCUT2D eigenvalue weighted by atomic mass is 10.3. The minimum atomic E-state index is -3.34. The van der Waals surface area contributed by atoms with Gasteiger partial charge < -0.3 is 15.4 Å². The summed E-state index contributed by atoms with van der Waals surface area (Å²) in [6.45, 7) is 0. The lowest BCUT2D eigenvalue weighted by molar-refractivity contribution is -0.0665. The van der Waals surface area contributed by atoms with E-state index in [0.717, 1.165) is 12.3 Å². The molecule has 3 rings (SSSR count). The fourth-order valence-electron chi connectivity index (χ4n) is 2.15. The number of halogens is 4. The van der Waals surface area contributed by atoms with Gasteiger partial charge in [-0.05, 0) is 30.3 Å². The van der Waals surface area contributed by atoms with Crippen molar-refractivity contribution in [1.29, 1.82) is 0 Å². The zero-order valence-electron chi connectivity index (χ0n) is 14.5. The van der Waals surface area contributed by atoms with Gasteiger partial charge in [0.25, 0.3) is 12.3 Å². The number of anilines is 3. The maximum Gasteiger partial charge on any atom is 0.304 e. The van der Waals surface area contributed by atoms with Gasteiger partial charge in [-0.15, -0.1) is 0 Å². The summed E-state index contributed by atoms with van der Waals surface area (Å²) in [5.74, 6) is -0.851. The lowest BCUT2D eigenvalue weighted by Gasteiger charge is -2.14. The van der Waals surface area contributed by atoms with Crippen LogP contribution >= 0.6 is 11.6 Å². The highest BCUT2D eigenvalue weighted by Gasteiger charge is 2.23. The van der Waals surface area contributed by atoms with E-state index in [0.29, 0.717) is 10.7 Å². The molecular weight excluding hydrogens is 411 g/mol. The number of hydrogen-bond donors (Lipinski definition) is 2.